The standard InChI is InChI=1S/C25H30ClFN4O3/c1-16-14-29(9-10-30(16)24(33)34-25(2,3)4)15-23(32)31-8-7-17-13-28-21(12-22(17)31)19-6-5-18(26)11-20(19)27/h5-6,11-13,16H,7-10,14-15H2,1-4H3/t16-/m1/s1. The summed E-state index contributed by atoms with van der Waals surface area (Å²) in [6.07, 6.45) is 2.10. The first kappa shape index (κ1) is 24.4. The SMILES string of the molecule is C[C@@H]1CN(CC(=O)N2CCc3cnc(-c4ccc(Cl)cc4F)cc32)CCN1C(=O)OC(C)(C)C. The second kappa shape index (κ2) is 9.50. The topological polar surface area (TPSA) is 66.0 Å². The molecule has 2 aromatic rings. The summed E-state index contributed by atoms with van der Waals surface area (Å²) in [5, 5.41) is 0.320. The molecule has 1 aromatic carbocycles. The number of ether oxygens (including phenoxy) is 1. The number of carbonyl (C=O) groups is 2. The van der Waals surface area contributed by atoms with Crippen molar-refractivity contribution in [1.29, 1.82) is 0 Å². The molecule has 182 valence electrons. The zero-order chi connectivity index (χ0) is 24.6. The number of hydrogen-bond donors (Lipinski definition) is 0. The lowest BCUT2D eigenvalue weighted by Gasteiger charge is -2.40. The molecule has 3 heterocycles. The van der Waals surface area contributed by atoms with Crippen LogP contribution in [0, 0.1) is 5.82 Å². The minimum absolute atomic E-state index is 0.0228. The summed E-state index contributed by atoms with van der Waals surface area (Å²) >= 11 is 5.87. The van der Waals surface area contributed by atoms with E-state index in [0.29, 0.717) is 48.9 Å². The Labute approximate surface area is 204 Å². The van der Waals surface area contributed by atoms with E-state index >= 15 is 0 Å². The maximum atomic E-state index is 14.4. The Morgan fingerprint density at radius 3 is 2.65 bits per heavy atom. The van der Waals surface area contributed by atoms with Gasteiger partial charge in [0.15, 0.2) is 0 Å². The maximum Gasteiger partial charge on any atom is 0.410 e. The van der Waals surface area contributed by atoms with Crippen molar-refractivity contribution in [3.05, 3.63) is 46.9 Å². The van der Waals surface area contributed by atoms with Crippen LogP contribution in [0.25, 0.3) is 11.3 Å². The van der Waals surface area contributed by atoms with Crippen LogP contribution in [0.1, 0.15) is 33.3 Å². The van der Waals surface area contributed by atoms with Gasteiger partial charge >= 0.3 is 6.09 Å². The van der Waals surface area contributed by atoms with Crippen LogP contribution >= 0.6 is 11.6 Å². The van der Waals surface area contributed by atoms with Crippen molar-refractivity contribution >= 4 is 29.3 Å². The monoisotopic (exact) mass is 488 g/mol. The summed E-state index contributed by atoms with van der Waals surface area (Å²) in [5.74, 6) is -0.474. The highest BCUT2D eigenvalue weighted by atomic mass is 35.5. The third kappa shape index (κ3) is 5.33. The number of pyridine rings is 1. The highest BCUT2D eigenvalue weighted by molar-refractivity contribution is 6.30. The number of fused-ring (bicyclic) bond motifs is 1. The number of aromatic nitrogens is 1. The first-order chi connectivity index (χ1) is 16.0. The molecule has 1 aromatic heterocycles. The number of anilines is 1. The molecular formula is C25H30ClFN4O3. The predicted molar refractivity (Wildman–Crippen MR) is 130 cm³/mol. The second-order valence-electron chi connectivity index (χ2n) is 9.88. The molecule has 2 aliphatic heterocycles. The highest BCUT2D eigenvalue weighted by Crippen LogP contribution is 2.33. The third-order valence-corrected chi connectivity index (χ3v) is 6.30. The van der Waals surface area contributed by atoms with E-state index in [0.717, 1.165) is 11.3 Å². The van der Waals surface area contributed by atoms with Crippen molar-refractivity contribution in [2.24, 2.45) is 0 Å². The normalized spacial score (nSPS) is 18.7. The first-order valence-electron chi connectivity index (χ1n) is 11.5. The van der Waals surface area contributed by atoms with Gasteiger partial charge in [-0.15, -0.1) is 0 Å². The number of halogens is 2. The van der Waals surface area contributed by atoms with Crippen LogP contribution in [0.2, 0.25) is 5.02 Å². The molecule has 2 amide bonds. The molecule has 0 radical (unpaired) electrons. The molecule has 7 nitrogen and oxygen atoms in total. The van der Waals surface area contributed by atoms with Crippen molar-refractivity contribution in [2.75, 3.05) is 37.6 Å². The van der Waals surface area contributed by atoms with Gasteiger partial charge in [0, 0.05) is 49.0 Å². The van der Waals surface area contributed by atoms with Crippen LogP contribution in [0.15, 0.2) is 30.5 Å². The molecule has 0 unspecified atom stereocenters. The van der Waals surface area contributed by atoms with Crippen molar-refractivity contribution in [3.8, 4) is 11.3 Å². The van der Waals surface area contributed by atoms with Gasteiger partial charge in [0.05, 0.1) is 17.9 Å². The van der Waals surface area contributed by atoms with Crippen molar-refractivity contribution in [3.63, 3.8) is 0 Å². The van der Waals surface area contributed by atoms with Crippen molar-refractivity contribution in [1.82, 2.24) is 14.8 Å². The van der Waals surface area contributed by atoms with Crippen LogP contribution in [-0.4, -0.2) is 71.2 Å². The lowest BCUT2D eigenvalue weighted by atomic mass is 10.1. The lowest BCUT2D eigenvalue weighted by Crippen LogP contribution is -2.56. The van der Waals surface area contributed by atoms with Crippen molar-refractivity contribution in [2.45, 2.75) is 45.8 Å². The summed E-state index contributed by atoms with van der Waals surface area (Å²) in [4.78, 5) is 35.6. The molecule has 9 heteroatoms. The molecule has 0 spiro atoms. The quantitative estimate of drug-likeness (QED) is 0.641. The minimum Gasteiger partial charge on any atom is -0.444 e. The maximum absolute atomic E-state index is 14.4. The Bertz CT molecular complexity index is 1100. The molecule has 1 fully saturated rings. The van der Waals surface area contributed by atoms with Gasteiger partial charge in [-0.25, -0.2) is 9.18 Å². The molecule has 1 atom stereocenters. The Balaban J connectivity index is 1.42. The van der Waals surface area contributed by atoms with E-state index in [1.165, 1.54) is 6.07 Å². The number of hydrogen-bond acceptors (Lipinski definition) is 5. The van der Waals surface area contributed by atoms with Gasteiger partial charge in [0.25, 0.3) is 0 Å². The molecule has 0 bridgehead atoms. The Hall–Kier alpha value is -2.71. The molecule has 4 rings (SSSR count). The summed E-state index contributed by atoms with van der Waals surface area (Å²) in [6.45, 7) is 10.0. The van der Waals surface area contributed by atoms with Crippen LogP contribution in [0.3, 0.4) is 0 Å². The number of carbonyl (C=O) groups excluding carboxylic acids is 2. The highest BCUT2D eigenvalue weighted by Gasteiger charge is 2.33. The fraction of sp³-hybridized carbons (Fsp3) is 0.480. The van der Waals surface area contributed by atoms with Gasteiger partial charge in [-0.05, 0) is 63.9 Å². The van der Waals surface area contributed by atoms with Crippen LogP contribution in [-0.2, 0) is 16.0 Å². The average molecular weight is 489 g/mol. The molecule has 0 aliphatic carbocycles. The van der Waals surface area contributed by atoms with Gasteiger partial charge in [-0.3, -0.25) is 14.7 Å². The van der Waals surface area contributed by atoms with Crippen LogP contribution in [0.5, 0.6) is 0 Å². The molecule has 1 saturated heterocycles. The summed E-state index contributed by atoms with van der Waals surface area (Å²) < 4.78 is 19.9. The number of piperazine rings is 1. The zero-order valence-corrected chi connectivity index (χ0v) is 20.7. The van der Waals surface area contributed by atoms with Gasteiger partial charge in [0.1, 0.15) is 11.4 Å². The fourth-order valence-electron chi connectivity index (χ4n) is 4.42. The van der Waals surface area contributed by atoms with Gasteiger partial charge < -0.3 is 14.5 Å². The molecule has 0 saturated carbocycles. The number of rotatable bonds is 3. The molecule has 34 heavy (non-hydrogen) atoms. The lowest BCUT2D eigenvalue weighted by molar-refractivity contribution is -0.120. The molecule has 2 aliphatic rings. The van der Waals surface area contributed by atoms with Crippen LogP contribution in [0.4, 0.5) is 14.9 Å². The van der Waals surface area contributed by atoms with E-state index in [4.69, 9.17) is 16.3 Å². The van der Waals surface area contributed by atoms with E-state index in [9.17, 15) is 14.0 Å². The Morgan fingerprint density at radius 2 is 1.97 bits per heavy atom. The zero-order valence-electron chi connectivity index (χ0n) is 20.0. The van der Waals surface area contributed by atoms with E-state index in [2.05, 4.69) is 9.88 Å². The van der Waals surface area contributed by atoms with Gasteiger partial charge in [-0.2, -0.15) is 0 Å². The van der Waals surface area contributed by atoms with E-state index in [1.54, 1.807) is 34.2 Å². The number of nitrogens with zero attached hydrogens (tertiary/aromatic N) is 4. The van der Waals surface area contributed by atoms with E-state index < -0.39 is 11.4 Å². The van der Waals surface area contributed by atoms with Gasteiger partial charge in [0.2, 0.25) is 5.91 Å². The minimum atomic E-state index is -0.546. The van der Waals surface area contributed by atoms with E-state index in [-0.39, 0.29) is 24.6 Å². The fourth-order valence-corrected chi connectivity index (χ4v) is 4.58. The second-order valence-corrected chi connectivity index (χ2v) is 10.3. The summed E-state index contributed by atoms with van der Waals surface area (Å²) in [7, 11) is 0. The largest absolute Gasteiger partial charge is 0.444 e. The Morgan fingerprint density at radius 1 is 1.21 bits per heavy atom. The third-order valence-electron chi connectivity index (χ3n) is 6.06. The molecule has 0 N–H and O–H groups in total. The Kier molecular flexibility index (Phi) is 6.82. The first-order valence-corrected chi connectivity index (χ1v) is 11.9. The smallest absolute Gasteiger partial charge is 0.410 e. The predicted octanol–water partition coefficient (Wildman–Crippen LogP) is 4.37. The van der Waals surface area contributed by atoms with Gasteiger partial charge in [-0.1, -0.05) is 11.6 Å². The molecular weight excluding hydrogens is 459 g/mol. The van der Waals surface area contributed by atoms with Crippen molar-refractivity contribution < 1.29 is 18.7 Å². The van der Waals surface area contributed by atoms with E-state index in [1.807, 2.05) is 27.7 Å². The number of amides is 2. The average Bonchev–Trinajstić information content (AvgIpc) is 3.16. The number of benzene rings is 1. The van der Waals surface area contributed by atoms with Crippen LogP contribution < -0.4 is 4.90 Å². The summed E-state index contributed by atoms with van der Waals surface area (Å²) in [5.41, 5.74) is 2.00. The summed E-state index contributed by atoms with van der Waals surface area (Å²) in [6, 6.07) is 6.18.